The van der Waals surface area contributed by atoms with E-state index in [0.717, 1.165) is 17.8 Å². The second kappa shape index (κ2) is 3.21. The van der Waals surface area contributed by atoms with E-state index in [1.54, 1.807) is 0 Å². The molecule has 0 radical (unpaired) electrons. The molecule has 0 amide bonds. The van der Waals surface area contributed by atoms with Crippen LogP contribution in [0.5, 0.6) is 0 Å². The molecular weight excluding hydrogens is 172 g/mol. The van der Waals surface area contributed by atoms with Crippen LogP contribution in [0.2, 0.25) is 0 Å². The minimum Gasteiger partial charge on any atom is -0.318 e. The molecule has 0 aromatic heterocycles. The Bertz CT molecular complexity index is 222. The largest absolute Gasteiger partial charge is 0.318 e. The summed E-state index contributed by atoms with van der Waals surface area (Å²) in [5.74, 6) is 3.16. The Morgan fingerprint density at radius 3 is 2.71 bits per heavy atom. The van der Waals surface area contributed by atoms with E-state index in [-0.39, 0.29) is 0 Å². The fraction of sp³-hybridized carbons (Fsp3) is 1.00. The lowest BCUT2D eigenvalue weighted by molar-refractivity contribution is 0.291. The first-order valence-corrected chi connectivity index (χ1v) is 6.29. The van der Waals surface area contributed by atoms with Gasteiger partial charge in [0.1, 0.15) is 0 Å². The summed E-state index contributed by atoms with van der Waals surface area (Å²) in [6, 6.07) is 0. The molecular formula is C12H22N2. The number of hydrogen-bond donors (Lipinski definition) is 2. The minimum absolute atomic E-state index is 0.492. The molecule has 3 saturated carbocycles. The van der Waals surface area contributed by atoms with Crippen molar-refractivity contribution >= 4 is 0 Å². The van der Waals surface area contributed by atoms with Gasteiger partial charge in [-0.05, 0) is 49.9 Å². The van der Waals surface area contributed by atoms with E-state index in [9.17, 15) is 0 Å². The van der Waals surface area contributed by atoms with Gasteiger partial charge in [-0.3, -0.25) is 5.32 Å². The maximum atomic E-state index is 5.63. The Morgan fingerprint density at radius 1 is 1.14 bits per heavy atom. The predicted octanol–water partition coefficient (Wildman–Crippen LogP) is 1.85. The van der Waals surface area contributed by atoms with Gasteiger partial charge in [0.25, 0.3) is 0 Å². The maximum Gasteiger partial charge on any atom is 0.0433 e. The van der Waals surface area contributed by atoms with Gasteiger partial charge in [-0.2, -0.15) is 0 Å². The van der Waals surface area contributed by atoms with Crippen molar-refractivity contribution in [2.75, 3.05) is 6.67 Å². The van der Waals surface area contributed by atoms with Crippen LogP contribution in [0.4, 0.5) is 0 Å². The Balaban J connectivity index is 1.65. The van der Waals surface area contributed by atoms with Crippen molar-refractivity contribution in [2.45, 2.75) is 50.5 Å². The van der Waals surface area contributed by atoms with Gasteiger partial charge < -0.3 is 5.73 Å². The molecule has 0 bridgehead atoms. The molecule has 0 aliphatic heterocycles. The average molecular weight is 194 g/mol. The van der Waals surface area contributed by atoms with E-state index in [1.165, 1.54) is 44.9 Å². The van der Waals surface area contributed by atoms with Crippen LogP contribution in [-0.2, 0) is 0 Å². The quantitative estimate of drug-likeness (QED) is 0.673. The van der Waals surface area contributed by atoms with Crippen LogP contribution in [0.3, 0.4) is 0 Å². The standard InChI is InChI=1S/C12H22N2/c13-8-14-12(4-5-12)11-3-1-2-9-6-10(9)7-11/h9-11,14H,1-8,13H2. The van der Waals surface area contributed by atoms with Crippen LogP contribution in [0, 0.1) is 17.8 Å². The fourth-order valence-corrected chi connectivity index (χ4v) is 3.63. The SMILES string of the molecule is NCNC1(C2CCCC3CC3C2)CC1. The van der Waals surface area contributed by atoms with E-state index in [0.29, 0.717) is 12.2 Å². The molecule has 3 aliphatic carbocycles. The van der Waals surface area contributed by atoms with E-state index in [2.05, 4.69) is 5.32 Å². The van der Waals surface area contributed by atoms with Crippen LogP contribution < -0.4 is 11.1 Å². The van der Waals surface area contributed by atoms with Crippen molar-refractivity contribution in [1.82, 2.24) is 5.32 Å². The summed E-state index contributed by atoms with van der Waals surface area (Å²) < 4.78 is 0. The predicted molar refractivity (Wildman–Crippen MR) is 57.7 cm³/mol. The summed E-state index contributed by atoms with van der Waals surface area (Å²) >= 11 is 0. The molecule has 3 N–H and O–H groups in total. The van der Waals surface area contributed by atoms with Crippen molar-refractivity contribution in [3.63, 3.8) is 0 Å². The van der Waals surface area contributed by atoms with Gasteiger partial charge in [0, 0.05) is 12.2 Å². The normalized spacial score (nSPS) is 43.9. The zero-order valence-electron chi connectivity index (χ0n) is 8.97. The summed E-state index contributed by atoms with van der Waals surface area (Å²) in [5, 5.41) is 3.55. The number of fused-ring (bicyclic) bond motifs is 1. The van der Waals surface area contributed by atoms with Gasteiger partial charge in [-0.25, -0.2) is 0 Å². The smallest absolute Gasteiger partial charge is 0.0433 e. The van der Waals surface area contributed by atoms with Gasteiger partial charge in [-0.15, -0.1) is 0 Å². The van der Waals surface area contributed by atoms with E-state index in [4.69, 9.17) is 5.73 Å². The minimum atomic E-state index is 0.492. The van der Waals surface area contributed by atoms with Crippen molar-refractivity contribution in [1.29, 1.82) is 0 Å². The first kappa shape index (κ1) is 9.17. The maximum absolute atomic E-state index is 5.63. The van der Waals surface area contributed by atoms with Gasteiger partial charge in [0.15, 0.2) is 0 Å². The molecule has 3 aliphatic rings. The molecule has 0 saturated heterocycles. The molecule has 3 atom stereocenters. The van der Waals surface area contributed by atoms with Crippen molar-refractivity contribution < 1.29 is 0 Å². The monoisotopic (exact) mass is 194 g/mol. The highest BCUT2D eigenvalue weighted by atomic mass is 15.1. The number of rotatable bonds is 3. The molecule has 80 valence electrons. The first-order chi connectivity index (χ1) is 6.84. The molecule has 14 heavy (non-hydrogen) atoms. The van der Waals surface area contributed by atoms with Gasteiger partial charge in [-0.1, -0.05) is 12.8 Å². The first-order valence-electron chi connectivity index (χ1n) is 6.29. The van der Waals surface area contributed by atoms with Gasteiger partial charge in [0.05, 0.1) is 0 Å². The van der Waals surface area contributed by atoms with Crippen molar-refractivity contribution in [3.8, 4) is 0 Å². The third kappa shape index (κ3) is 1.49. The Kier molecular flexibility index (Phi) is 2.10. The highest BCUT2D eigenvalue weighted by molar-refractivity contribution is 5.08. The number of nitrogens with two attached hydrogens (primary N) is 1. The molecule has 0 spiro atoms. The van der Waals surface area contributed by atoms with Crippen LogP contribution in [0.1, 0.15) is 44.9 Å². The Labute approximate surface area is 86.6 Å². The van der Waals surface area contributed by atoms with Crippen LogP contribution in [-0.4, -0.2) is 12.2 Å². The van der Waals surface area contributed by atoms with E-state index in [1.807, 2.05) is 0 Å². The topological polar surface area (TPSA) is 38.0 Å². The molecule has 2 heteroatoms. The Hall–Kier alpha value is -0.0800. The molecule has 3 unspecified atom stereocenters. The summed E-state index contributed by atoms with van der Waals surface area (Å²) in [6.07, 6.45) is 10.2. The highest BCUT2D eigenvalue weighted by Gasteiger charge is 2.52. The summed E-state index contributed by atoms with van der Waals surface area (Å²) in [4.78, 5) is 0. The number of nitrogens with one attached hydrogen (secondary N) is 1. The molecule has 2 nitrogen and oxygen atoms in total. The zero-order valence-corrected chi connectivity index (χ0v) is 8.97. The van der Waals surface area contributed by atoms with Crippen LogP contribution in [0.25, 0.3) is 0 Å². The molecule has 0 aromatic rings. The molecule has 3 fully saturated rings. The lowest BCUT2D eigenvalue weighted by atomic mass is 9.88. The van der Waals surface area contributed by atoms with Gasteiger partial charge in [0.2, 0.25) is 0 Å². The lowest BCUT2D eigenvalue weighted by Gasteiger charge is -2.27. The van der Waals surface area contributed by atoms with E-state index < -0.39 is 0 Å². The van der Waals surface area contributed by atoms with Crippen molar-refractivity contribution in [2.24, 2.45) is 23.5 Å². The number of hydrogen-bond acceptors (Lipinski definition) is 2. The van der Waals surface area contributed by atoms with Crippen molar-refractivity contribution in [3.05, 3.63) is 0 Å². The fourth-order valence-electron chi connectivity index (χ4n) is 3.63. The summed E-state index contributed by atoms with van der Waals surface area (Å²) in [6.45, 7) is 0.671. The molecule has 0 heterocycles. The van der Waals surface area contributed by atoms with Gasteiger partial charge >= 0.3 is 0 Å². The summed E-state index contributed by atoms with van der Waals surface area (Å²) in [5.41, 5.74) is 6.13. The molecule has 0 aromatic carbocycles. The van der Waals surface area contributed by atoms with Crippen LogP contribution in [0.15, 0.2) is 0 Å². The zero-order chi connectivity index (χ0) is 9.60. The highest BCUT2D eigenvalue weighted by Crippen LogP contribution is 2.55. The second-order valence-corrected chi connectivity index (χ2v) is 5.66. The third-order valence-electron chi connectivity index (χ3n) is 4.81. The lowest BCUT2D eigenvalue weighted by Crippen LogP contribution is -2.42. The second-order valence-electron chi connectivity index (χ2n) is 5.66. The Morgan fingerprint density at radius 2 is 2.00 bits per heavy atom. The van der Waals surface area contributed by atoms with E-state index >= 15 is 0 Å². The average Bonchev–Trinajstić information content (AvgIpc) is 2.95. The summed E-state index contributed by atoms with van der Waals surface area (Å²) in [7, 11) is 0. The molecule has 3 rings (SSSR count). The third-order valence-corrected chi connectivity index (χ3v) is 4.81. The van der Waals surface area contributed by atoms with Crippen LogP contribution >= 0.6 is 0 Å².